The normalized spacial score (nSPS) is 10.2. The van der Waals surface area contributed by atoms with Crippen molar-refractivity contribution in [3.8, 4) is 11.8 Å². The van der Waals surface area contributed by atoms with E-state index in [1.54, 1.807) is 48.5 Å². The standard InChI is InChI=1S/C18H14ClN5O2S/c19-13-5-7-14(8-6-13)26-10-16-22-18(24-23-16)27-11-17(25)21-15-4-2-1-3-12(15)9-20/h1-8H,10-11H2,(H,21,25)(H,22,23,24). The average molecular weight is 400 g/mol. The van der Waals surface area contributed by atoms with E-state index in [4.69, 9.17) is 21.6 Å². The largest absolute Gasteiger partial charge is 0.486 e. The highest BCUT2D eigenvalue weighted by atomic mass is 35.5. The SMILES string of the molecule is N#Cc1ccccc1NC(=O)CSc1n[nH]c(COc2ccc(Cl)cc2)n1. The molecule has 3 rings (SSSR count). The third-order valence-corrected chi connectivity index (χ3v) is 4.45. The first-order valence-electron chi connectivity index (χ1n) is 7.85. The van der Waals surface area contributed by atoms with E-state index in [2.05, 4.69) is 20.5 Å². The fraction of sp³-hybridized carbons (Fsp3) is 0.111. The number of nitrogens with one attached hydrogen (secondary N) is 2. The lowest BCUT2D eigenvalue weighted by atomic mass is 10.2. The van der Waals surface area contributed by atoms with Gasteiger partial charge in [0.25, 0.3) is 0 Å². The van der Waals surface area contributed by atoms with Crippen molar-refractivity contribution in [2.75, 3.05) is 11.1 Å². The van der Waals surface area contributed by atoms with E-state index in [0.29, 0.717) is 33.0 Å². The zero-order valence-corrected chi connectivity index (χ0v) is 15.5. The number of carbonyl (C=O) groups excluding carboxylic acids is 1. The maximum Gasteiger partial charge on any atom is 0.234 e. The minimum atomic E-state index is -0.244. The fourth-order valence-electron chi connectivity index (χ4n) is 2.10. The van der Waals surface area contributed by atoms with Gasteiger partial charge in [0.05, 0.1) is 17.0 Å². The molecule has 0 bridgehead atoms. The molecule has 1 aromatic heterocycles. The summed E-state index contributed by atoms with van der Waals surface area (Å²) in [7, 11) is 0. The second-order valence-corrected chi connectivity index (χ2v) is 6.68. The number of ether oxygens (including phenoxy) is 1. The number of amides is 1. The van der Waals surface area contributed by atoms with Crippen LogP contribution in [-0.2, 0) is 11.4 Å². The van der Waals surface area contributed by atoms with Gasteiger partial charge in [-0.25, -0.2) is 4.98 Å². The molecular weight excluding hydrogens is 386 g/mol. The van der Waals surface area contributed by atoms with Gasteiger partial charge in [-0.05, 0) is 36.4 Å². The van der Waals surface area contributed by atoms with Crippen LogP contribution in [-0.4, -0.2) is 26.8 Å². The van der Waals surface area contributed by atoms with E-state index in [1.165, 1.54) is 11.8 Å². The minimum absolute atomic E-state index is 0.120. The molecule has 2 N–H and O–H groups in total. The van der Waals surface area contributed by atoms with Crippen LogP contribution in [0.25, 0.3) is 0 Å². The lowest BCUT2D eigenvalue weighted by Crippen LogP contribution is -2.15. The second-order valence-electron chi connectivity index (χ2n) is 5.30. The molecule has 0 radical (unpaired) electrons. The summed E-state index contributed by atoms with van der Waals surface area (Å²) in [5.74, 6) is 1.09. The van der Waals surface area contributed by atoms with E-state index < -0.39 is 0 Å². The molecule has 7 nitrogen and oxygen atoms in total. The van der Waals surface area contributed by atoms with Crippen molar-refractivity contribution in [2.24, 2.45) is 0 Å². The number of rotatable bonds is 7. The maximum absolute atomic E-state index is 12.1. The number of nitriles is 1. The molecule has 2 aromatic carbocycles. The van der Waals surface area contributed by atoms with Gasteiger partial charge in [0.2, 0.25) is 11.1 Å². The molecule has 1 amide bonds. The Morgan fingerprint density at radius 2 is 2.04 bits per heavy atom. The summed E-state index contributed by atoms with van der Waals surface area (Å²) in [6.45, 7) is 0.219. The molecule has 9 heteroatoms. The molecule has 0 spiro atoms. The number of benzene rings is 2. The average Bonchev–Trinajstić information content (AvgIpc) is 3.14. The first-order chi connectivity index (χ1) is 13.1. The first-order valence-corrected chi connectivity index (χ1v) is 9.22. The lowest BCUT2D eigenvalue weighted by Gasteiger charge is -2.05. The van der Waals surface area contributed by atoms with Crippen molar-refractivity contribution in [3.05, 3.63) is 64.9 Å². The highest BCUT2D eigenvalue weighted by molar-refractivity contribution is 7.99. The quantitative estimate of drug-likeness (QED) is 0.588. The fourth-order valence-corrected chi connectivity index (χ4v) is 2.84. The number of hydrogen-bond donors (Lipinski definition) is 2. The van der Waals surface area contributed by atoms with E-state index in [1.807, 2.05) is 6.07 Å². The van der Waals surface area contributed by atoms with Crippen LogP contribution < -0.4 is 10.1 Å². The molecule has 136 valence electrons. The summed E-state index contributed by atoms with van der Waals surface area (Å²) in [5.41, 5.74) is 0.896. The van der Waals surface area contributed by atoms with Crippen LogP contribution in [0.3, 0.4) is 0 Å². The minimum Gasteiger partial charge on any atom is -0.486 e. The highest BCUT2D eigenvalue weighted by Crippen LogP contribution is 2.18. The van der Waals surface area contributed by atoms with E-state index in [-0.39, 0.29) is 18.3 Å². The summed E-state index contributed by atoms with van der Waals surface area (Å²) < 4.78 is 5.58. The second kappa shape index (κ2) is 9.07. The van der Waals surface area contributed by atoms with Gasteiger partial charge in [-0.1, -0.05) is 35.5 Å². The van der Waals surface area contributed by atoms with Gasteiger partial charge in [0, 0.05) is 5.02 Å². The Bertz CT molecular complexity index is 968. The monoisotopic (exact) mass is 399 g/mol. The van der Waals surface area contributed by atoms with Gasteiger partial charge in [-0.3, -0.25) is 9.89 Å². The summed E-state index contributed by atoms with van der Waals surface area (Å²) in [6, 6.07) is 15.9. The van der Waals surface area contributed by atoms with Gasteiger partial charge in [-0.2, -0.15) is 5.26 Å². The van der Waals surface area contributed by atoms with Crippen LogP contribution in [0.5, 0.6) is 5.75 Å². The van der Waals surface area contributed by atoms with Crippen LogP contribution in [0.15, 0.2) is 53.7 Å². The van der Waals surface area contributed by atoms with Gasteiger partial charge in [-0.15, -0.1) is 5.10 Å². The number of hydrogen-bond acceptors (Lipinski definition) is 6. The topological polar surface area (TPSA) is 104 Å². The molecule has 3 aromatic rings. The number of carbonyl (C=O) groups is 1. The number of halogens is 1. The Balaban J connectivity index is 1.48. The zero-order valence-electron chi connectivity index (χ0n) is 14.0. The third kappa shape index (κ3) is 5.48. The molecule has 0 saturated carbocycles. The molecule has 0 fully saturated rings. The van der Waals surface area contributed by atoms with Crippen LogP contribution in [0, 0.1) is 11.3 Å². The molecule has 0 aliphatic carbocycles. The molecule has 0 atom stereocenters. The van der Waals surface area contributed by atoms with Crippen molar-refractivity contribution < 1.29 is 9.53 Å². The molecule has 27 heavy (non-hydrogen) atoms. The van der Waals surface area contributed by atoms with Crippen molar-refractivity contribution in [1.82, 2.24) is 15.2 Å². The number of thioether (sulfide) groups is 1. The third-order valence-electron chi connectivity index (χ3n) is 3.35. The number of aromatic amines is 1. The van der Waals surface area contributed by atoms with Gasteiger partial charge in [0.1, 0.15) is 18.4 Å². The zero-order chi connectivity index (χ0) is 19.1. The van der Waals surface area contributed by atoms with E-state index in [0.717, 1.165) is 0 Å². The molecular formula is C18H14ClN5O2S. The smallest absolute Gasteiger partial charge is 0.234 e. The summed E-state index contributed by atoms with van der Waals surface area (Å²) in [5, 5.41) is 19.6. The van der Waals surface area contributed by atoms with E-state index >= 15 is 0 Å². The Morgan fingerprint density at radius 3 is 2.81 bits per heavy atom. The number of para-hydroxylation sites is 1. The first kappa shape index (κ1) is 18.8. The van der Waals surface area contributed by atoms with Crippen molar-refractivity contribution >= 4 is 35.0 Å². The van der Waals surface area contributed by atoms with Crippen LogP contribution in [0.2, 0.25) is 5.02 Å². The van der Waals surface area contributed by atoms with Crippen LogP contribution in [0.1, 0.15) is 11.4 Å². The molecule has 0 aliphatic heterocycles. The number of H-pyrrole nitrogens is 1. The molecule has 0 saturated heterocycles. The Morgan fingerprint density at radius 1 is 1.26 bits per heavy atom. The predicted molar refractivity (Wildman–Crippen MR) is 103 cm³/mol. The Labute approximate surface area is 164 Å². The van der Waals surface area contributed by atoms with Crippen molar-refractivity contribution in [3.63, 3.8) is 0 Å². The van der Waals surface area contributed by atoms with Crippen LogP contribution >= 0.6 is 23.4 Å². The van der Waals surface area contributed by atoms with E-state index in [9.17, 15) is 4.79 Å². The number of anilines is 1. The summed E-state index contributed by atoms with van der Waals surface area (Å²) in [6.07, 6.45) is 0. The van der Waals surface area contributed by atoms with Gasteiger partial charge >= 0.3 is 0 Å². The van der Waals surface area contributed by atoms with Gasteiger partial charge in [0.15, 0.2) is 5.82 Å². The molecule has 0 aliphatic rings. The maximum atomic E-state index is 12.1. The summed E-state index contributed by atoms with van der Waals surface area (Å²) in [4.78, 5) is 16.3. The van der Waals surface area contributed by atoms with Crippen molar-refractivity contribution in [2.45, 2.75) is 11.8 Å². The Kier molecular flexibility index (Phi) is 6.30. The Hall–Kier alpha value is -3.02. The predicted octanol–water partition coefficient (Wildman–Crippen LogP) is 3.64. The lowest BCUT2D eigenvalue weighted by molar-refractivity contribution is -0.113. The molecule has 1 heterocycles. The highest BCUT2D eigenvalue weighted by Gasteiger charge is 2.10. The van der Waals surface area contributed by atoms with Crippen molar-refractivity contribution in [1.29, 1.82) is 5.26 Å². The van der Waals surface area contributed by atoms with Gasteiger partial charge < -0.3 is 10.1 Å². The van der Waals surface area contributed by atoms with Crippen LogP contribution in [0.4, 0.5) is 5.69 Å². The summed E-state index contributed by atoms with van der Waals surface area (Å²) >= 11 is 7.01. The molecule has 0 unspecified atom stereocenters. The number of aromatic nitrogens is 3. The number of nitrogens with zero attached hydrogens (tertiary/aromatic N) is 3.